The van der Waals surface area contributed by atoms with Crippen LogP contribution in [0.2, 0.25) is 6.32 Å². The van der Waals surface area contributed by atoms with Crippen molar-refractivity contribution in [1.29, 1.82) is 0 Å². The summed E-state index contributed by atoms with van der Waals surface area (Å²) in [6, 6.07) is 19.5. The molecule has 3 aromatic rings. The second kappa shape index (κ2) is 14.1. The molecule has 3 aromatic carbocycles. The van der Waals surface area contributed by atoms with E-state index in [1.165, 1.54) is 17.7 Å². The van der Waals surface area contributed by atoms with E-state index in [1.54, 1.807) is 12.1 Å². The van der Waals surface area contributed by atoms with Gasteiger partial charge >= 0.3 is 14.2 Å². The number of para-hydroxylation sites is 1. The Bertz CT molecular complexity index is 1730. The van der Waals surface area contributed by atoms with Crippen molar-refractivity contribution in [2.45, 2.75) is 58.9 Å². The molecular weight excluding hydrogens is 608 g/mol. The van der Waals surface area contributed by atoms with Crippen molar-refractivity contribution < 1.29 is 39.2 Å². The Morgan fingerprint density at radius 1 is 1.02 bits per heavy atom. The molecule has 0 bridgehead atoms. The number of carbonyl (C=O) groups is 2. The van der Waals surface area contributed by atoms with Crippen LogP contribution in [0.5, 0.6) is 11.5 Å². The summed E-state index contributed by atoms with van der Waals surface area (Å²) in [4.78, 5) is 29.3. The number of phenols is 1. The maximum atomic E-state index is 14.2. The number of allylic oxidation sites excluding steroid dienone is 1. The number of aromatic hydroxyl groups is 1. The van der Waals surface area contributed by atoms with E-state index in [4.69, 9.17) is 9.39 Å². The van der Waals surface area contributed by atoms with Crippen LogP contribution in [0.1, 0.15) is 49.3 Å². The van der Waals surface area contributed by atoms with E-state index in [-0.39, 0.29) is 35.9 Å². The predicted molar refractivity (Wildman–Crippen MR) is 186 cm³/mol. The van der Waals surface area contributed by atoms with Gasteiger partial charge in [0.15, 0.2) is 0 Å². The molecule has 2 saturated heterocycles. The molecular formula is C37H41B2NO8. The zero-order chi connectivity index (χ0) is 34.1. The standard InChI is InChI=1S/C37H41B2NO8/c1-4-24(17-25-15-22(2)35(41)23(3)16-25)13-14-32-33-26(21-47-29-11-6-5-7-12-29)18-30-34(31(33)20-38(44)48-32)37(43)40(36(30)42)28-10-8-9-27(19-28)39(45)46/h5-12,15-17,19,30-32,34,41,44-46H,4,13-14,18,20-21H2,1-3H3/b24-17+/t30-,31+,32-,34-/m1/s1. The zero-order valence-electron chi connectivity index (χ0n) is 27.5. The maximum Gasteiger partial charge on any atom is 0.488 e. The van der Waals surface area contributed by atoms with Gasteiger partial charge in [0.05, 0.1) is 23.6 Å². The number of aryl methyl sites for hydroxylation is 2. The Balaban J connectivity index is 1.33. The van der Waals surface area contributed by atoms with Crippen molar-refractivity contribution in [2.75, 3.05) is 11.5 Å². The molecule has 2 fully saturated rings. The topological polar surface area (TPSA) is 137 Å². The molecule has 2 amide bonds. The summed E-state index contributed by atoms with van der Waals surface area (Å²) in [6.07, 6.45) is 4.17. The van der Waals surface area contributed by atoms with Crippen LogP contribution in [0, 0.1) is 31.6 Å². The molecule has 3 aliphatic rings. The molecule has 0 spiro atoms. The quantitative estimate of drug-likeness (QED) is 0.145. The second-order valence-electron chi connectivity index (χ2n) is 13.1. The van der Waals surface area contributed by atoms with E-state index in [0.29, 0.717) is 30.8 Å². The average Bonchev–Trinajstić information content (AvgIpc) is 3.33. The van der Waals surface area contributed by atoms with Crippen LogP contribution in [-0.4, -0.2) is 58.9 Å². The van der Waals surface area contributed by atoms with Gasteiger partial charge in [-0.15, -0.1) is 0 Å². The number of anilines is 1. The smallest absolute Gasteiger partial charge is 0.488 e. The summed E-state index contributed by atoms with van der Waals surface area (Å²) in [6.45, 7) is 6.07. The first-order chi connectivity index (χ1) is 23.0. The van der Waals surface area contributed by atoms with Crippen molar-refractivity contribution in [2.24, 2.45) is 17.8 Å². The van der Waals surface area contributed by atoms with Crippen LogP contribution in [0.3, 0.4) is 0 Å². The number of rotatable bonds is 10. The van der Waals surface area contributed by atoms with Gasteiger partial charge in [-0.05, 0) is 121 Å². The number of phenolic OH excluding ortho intramolecular Hbond substituents is 1. The lowest BCUT2D eigenvalue weighted by molar-refractivity contribution is -0.122. The minimum absolute atomic E-state index is 0.173. The highest BCUT2D eigenvalue weighted by molar-refractivity contribution is 6.58. The number of imide groups is 1. The molecule has 0 radical (unpaired) electrons. The van der Waals surface area contributed by atoms with E-state index in [2.05, 4.69) is 13.0 Å². The molecule has 11 heteroatoms. The number of fused-ring (bicyclic) bond motifs is 3. The fourth-order valence-corrected chi connectivity index (χ4v) is 7.64. The van der Waals surface area contributed by atoms with Gasteiger partial charge in [0, 0.05) is 0 Å². The summed E-state index contributed by atoms with van der Waals surface area (Å²) in [7, 11) is -2.86. The SMILES string of the molecule is CC/C(=C\c1cc(C)c(O)c(C)c1)CC[C@H]1OB(O)C[C@H]2C1=C(COc1ccccc1)C[C@H]1C(=O)N(c3cccc(B(O)O)c3)C(=O)[C@H]12. The van der Waals surface area contributed by atoms with Gasteiger partial charge in [-0.2, -0.15) is 0 Å². The largest absolute Gasteiger partial charge is 0.507 e. The lowest BCUT2D eigenvalue weighted by Crippen LogP contribution is -2.46. The van der Waals surface area contributed by atoms with Crippen LogP contribution in [0.15, 0.2) is 83.4 Å². The highest BCUT2D eigenvalue weighted by Gasteiger charge is 2.57. The van der Waals surface area contributed by atoms with E-state index in [0.717, 1.165) is 39.2 Å². The highest BCUT2D eigenvalue weighted by atomic mass is 16.5. The van der Waals surface area contributed by atoms with E-state index in [9.17, 15) is 29.8 Å². The number of hydrogen-bond donors (Lipinski definition) is 4. The second-order valence-corrected chi connectivity index (χ2v) is 13.1. The Morgan fingerprint density at radius 2 is 1.75 bits per heavy atom. The molecule has 2 aliphatic heterocycles. The summed E-state index contributed by atoms with van der Waals surface area (Å²) in [5, 5.41) is 40.8. The minimum atomic E-state index is -1.74. The number of carbonyl (C=O) groups excluding carboxylic acids is 2. The van der Waals surface area contributed by atoms with Gasteiger partial charge in [-0.1, -0.05) is 48.9 Å². The molecule has 248 valence electrons. The number of benzene rings is 3. The van der Waals surface area contributed by atoms with E-state index < -0.39 is 38.1 Å². The normalized spacial score (nSPS) is 22.6. The lowest BCUT2D eigenvalue weighted by atomic mass is 9.58. The fraction of sp³-hybridized carbons (Fsp3) is 0.351. The Morgan fingerprint density at radius 3 is 2.44 bits per heavy atom. The summed E-state index contributed by atoms with van der Waals surface area (Å²) >= 11 is 0. The molecule has 0 aromatic heterocycles. The van der Waals surface area contributed by atoms with Crippen molar-refractivity contribution in [1.82, 2.24) is 0 Å². The zero-order valence-corrected chi connectivity index (χ0v) is 27.5. The molecule has 9 nitrogen and oxygen atoms in total. The van der Waals surface area contributed by atoms with Crippen LogP contribution in [-0.2, 0) is 14.2 Å². The fourth-order valence-electron chi connectivity index (χ4n) is 7.64. The van der Waals surface area contributed by atoms with Crippen LogP contribution >= 0.6 is 0 Å². The van der Waals surface area contributed by atoms with Gasteiger partial charge in [-0.3, -0.25) is 14.5 Å². The predicted octanol–water partition coefficient (Wildman–Crippen LogP) is 4.34. The molecule has 4 N–H and O–H groups in total. The van der Waals surface area contributed by atoms with Crippen LogP contribution < -0.4 is 15.1 Å². The third-order valence-electron chi connectivity index (χ3n) is 9.96. The van der Waals surface area contributed by atoms with Gasteiger partial charge in [0.2, 0.25) is 11.8 Å². The van der Waals surface area contributed by atoms with Crippen molar-refractivity contribution in [3.63, 3.8) is 0 Å². The van der Waals surface area contributed by atoms with Gasteiger partial charge in [0.25, 0.3) is 0 Å². The van der Waals surface area contributed by atoms with Gasteiger partial charge < -0.3 is 29.6 Å². The van der Waals surface area contributed by atoms with Crippen LogP contribution in [0.25, 0.3) is 6.08 Å². The first-order valence-corrected chi connectivity index (χ1v) is 16.6. The average molecular weight is 649 g/mol. The van der Waals surface area contributed by atoms with E-state index in [1.807, 2.05) is 56.3 Å². The molecule has 1 aliphatic carbocycles. The van der Waals surface area contributed by atoms with Gasteiger partial charge in [0.1, 0.15) is 18.1 Å². The Hall–Kier alpha value is -4.15. The third kappa shape index (κ3) is 6.73. The number of nitrogens with zero attached hydrogens (tertiary/aromatic N) is 1. The Kier molecular flexibility index (Phi) is 9.94. The van der Waals surface area contributed by atoms with Gasteiger partial charge in [-0.25, -0.2) is 0 Å². The number of hydrogen-bond acceptors (Lipinski definition) is 8. The molecule has 4 atom stereocenters. The maximum absolute atomic E-state index is 14.2. The number of ether oxygens (including phenoxy) is 1. The monoisotopic (exact) mass is 649 g/mol. The molecule has 0 unspecified atom stereocenters. The summed E-state index contributed by atoms with van der Waals surface area (Å²) in [5.41, 5.74) is 6.10. The summed E-state index contributed by atoms with van der Waals surface area (Å²) in [5.74, 6) is -1.51. The van der Waals surface area contributed by atoms with Crippen molar-refractivity contribution in [3.8, 4) is 11.5 Å². The molecule has 48 heavy (non-hydrogen) atoms. The summed E-state index contributed by atoms with van der Waals surface area (Å²) < 4.78 is 12.4. The third-order valence-corrected chi connectivity index (χ3v) is 9.96. The molecule has 6 rings (SSSR count). The molecule has 0 saturated carbocycles. The van der Waals surface area contributed by atoms with Crippen LogP contribution in [0.4, 0.5) is 5.69 Å². The molecule has 2 heterocycles. The first kappa shape index (κ1) is 33.7. The van der Waals surface area contributed by atoms with Crippen molar-refractivity contribution in [3.05, 3.63) is 100 Å². The lowest BCUT2D eigenvalue weighted by Gasteiger charge is -2.43. The minimum Gasteiger partial charge on any atom is -0.507 e. The van der Waals surface area contributed by atoms with E-state index >= 15 is 0 Å². The Labute approximate surface area is 281 Å². The van der Waals surface area contributed by atoms with Crippen molar-refractivity contribution >= 4 is 43.3 Å². The first-order valence-electron chi connectivity index (χ1n) is 16.6. The number of amides is 2. The highest BCUT2D eigenvalue weighted by Crippen LogP contribution is 2.51.